The molecule has 0 N–H and O–H groups in total. The second kappa shape index (κ2) is 3.19. The van der Waals surface area contributed by atoms with Crippen LogP contribution in [0, 0.1) is 0 Å². The molecule has 0 saturated carbocycles. The van der Waals surface area contributed by atoms with E-state index in [1.165, 1.54) is 26.2 Å². The molecular formula is C9H11F2N. The number of hydrogen-bond acceptors (Lipinski definition) is 1. The standard InChI is InChI=1S/C9H11F2N/c1-12(2)9(10,11)8-6-4-3-5-7-8/h3-7H,1-2H3. The van der Waals surface area contributed by atoms with Crippen LogP contribution in [0.1, 0.15) is 5.56 Å². The van der Waals surface area contributed by atoms with Gasteiger partial charge in [0.25, 0.3) is 0 Å². The molecule has 1 nitrogen and oxygen atoms in total. The maximum absolute atomic E-state index is 13.2. The van der Waals surface area contributed by atoms with E-state index in [1.54, 1.807) is 18.2 Å². The Morgan fingerprint density at radius 3 is 2.00 bits per heavy atom. The molecule has 1 aromatic carbocycles. The van der Waals surface area contributed by atoms with Crippen LogP contribution in [0.3, 0.4) is 0 Å². The van der Waals surface area contributed by atoms with Gasteiger partial charge in [-0.05, 0) is 14.1 Å². The third kappa shape index (κ3) is 1.61. The number of nitrogens with zero attached hydrogens (tertiary/aromatic N) is 1. The van der Waals surface area contributed by atoms with Gasteiger partial charge in [0.05, 0.1) is 0 Å². The number of hydrogen-bond donors (Lipinski definition) is 0. The number of alkyl halides is 2. The lowest BCUT2D eigenvalue weighted by Gasteiger charge is -2.23. The van der Waals surface area contributed by atoms with E-state index in [0.717, 1.165) is 4.90 Å². The SMILES string of the molecule is CN(C)C(F)(F)c1ccccc1. The molecule has 0 aliphatic rings. The van der Waals surface area contributed by atoms with Crippen molar-refractivity contribution in [3.05, 3.63) is 35.9 Å². The smallest absolute Gasteiger partial charge is 0.247 e. The zero-order valence-electron chi connectivity index (χ0n) is 7.09. The highest BCUT2D eigenvalue weighted by molar-refractivity contribution is 5.19. The normalized spacial score (nSPS) is 12.1. The Hall–Kier alpha value is -0.960. The van der Waals surface area contributed by atoms with Crippen LogP contribution in [-0.4, -0.2) is 19.0 Å². The molecule has 0 aliphatic heterocycles. The summed E-state index contributed by atoms with van der Waals surface area (Å²) in [4.78, 5) is 0.891. The monoisotopic (exact) mass is 171 g/mol. The lowest BCUT2D eigenvalue weighted by molar-refractivity contribution is -0.130. The molecule has 1 rings (SSSR count). The Bertz CT molecular complexity index is 244. The molecule has 0 aliphatic carbocycles. The topological polar surface area (TPSA) is 3.24 Å². The predicted octanol–water partition coefficient (Wildman–Crippen LogP) is 2.30. The van der Waals surface area contributed by atoms with Crippen molar-refractivity contribution in [2.24, 2.45) is 0 Å². The van der Waals surface area contributed by atoms with Gasteiger partial charge in [0.15, 0.2) is 0 Å². The molecule has 0 amide bonds. The molecule has 66 valence electrons. The molecule has 0 atom stereocenters. The van der Waals surface area contributed by atoms with Crippen molar-refractivity contribution in [2.45, 2.75) is 6.05 Å². The molecule has 0 radical (unpaired) electrons. The highest BCUT2D eigenvalue weighted by Gasteiger charge is 2.33. The minimum Gasteiger partial charge on any atom is -0.247 e. The quantitative estimate of drug-likeness (QED) is 0.617. The summed E-state index contributed by atoms with van der Waals surface area (Å²) in [6, 6.07) is 4.88. The largest absolute Gasteiger partial charge is 0.331 e. The average molecular weight is 171 g/mol. The summed E-state index contributed by atoms with van der Waals surface area (Å²) < 4.78 is 26.4. The molecule has 0 fully saturated rings. The summed E-state index contributed by atoms with van der Waals surface area (Å²) in [6.45, 7) is 0. The molecule has 0 spiro atoms. The first-order chi connectivity index (χ1) is 5.55. The van der Waals surface area contributed by atoms with Crippen molar-refractivity contribution in [1.29, 1.82) is 0 Å². The van der Waals surface area contributed by atoms with Crippen molar-refractivity contribution >= 4 is 0 Å². The van der Waals surface area contributed by atoms with Crippen LogP contribution in [0.2, 0.25) is 0 Å². The fourth-order valence-corrected chi connectivity index (χ4v) is 0.897. The zero-order chi connectivity index (χ0) is 9.19. The van der Waals surface area contributed by atoms with Crippen LogP contribution in [0.15, 0.2) is 30.3 Å². The van der Waals surface area contributed by atoms with Gasteiger partial charge in [-0.15, -0.1) is 0 Å². The van der Waals surface area contributed by atoms with Gasteiger partial charge in [0, 0.05) is 5.56 Å². The first-order valence-electron chi connectivity index (χ1n) is 3.66. The predicted molar refractivity (Wildman–Crippen MR) is 44.0 cm³/mol. The van der Waals surface area contributed by atoms with E-state index in [2.05, 4.69) is 0 Å². The molecule has 12 heavy (non-hydrogen) atoms. The average Bonchev–Trinajstić information content (AvgIpc) is 2.06. The van der Waals surface area contributed by atoms with Gasteiger partial charge in [-0.2, -0.15) is 8.78 Å². The summed E-state index contributed by atoms with van der Waals surface area (Å²) in [5.74, 6) is 0. The molecule has 0 bridgehead atoms. The zero-order valence-corrected chi connectivity index (χ0v) is 7.09. The van der Waals surface area contributed by atoms with Crippen molar-refractivity contribution < 1.29 is 8.78 Å². The minimum absolute atomic E-state index is 0.0231. The van der Waals surface area contributed by atoms with Gasteiger partial charge in [-0.3, -0.25) is 0 Å². The second-order valence-electron chi connectivity index (χ2n) is 2.80. The lowest BCUT2D eigenvalue weighted by Crippen LogP contribution is -2.32. The van der Waals surface area contributed by atoms with Crippen LogP contribution in [0.25, 0.3) is 0 Å². The van der Waals surface area contributed by atoms with Crippen LogP contribution < -0.4 is 0 Å². The maximum Gasteiger partial charge on any atom is 0.331 e. The first kappa shape index (κ1) is 9.13. The van der Waals surface area contributed by atoms with Crippen LogP contribution in [-0.2, 0) is 6.05 Å². The fourth-order valence-electron chi connectivity index (χ4n) is 0.897. The van der Waals surface area contributed by atoms with E-state index in [9.17, 15) is 8.78 Å². The van der Waals surface area contributed by atoms with Crippen LogP contribution in [0.5, 0.6) is 0 Å². The molecule has 0 heterocycles. The Balaban J connectivity index is 2.98. The highest BCUT2D eigenvalue weighted by atomic mass is 19.3. The summed E-state index contributed by atoms with van der Waals surface area (Å²) in [5.41, 5.74) is 0.0231. The fraction of sp³-hybridized carbons (Fsp3) is 0.333. The lowest BCUT2D eigenvalue weighted by atomic mass is 10.2. The van der Waals surface area contributed by atoms with Gasteiger partial charge in [0.2, 0.25) is 0 Å². The number of benzene rings is 1. The maximum atomic E-state index is 13.2. The van der Waals surface area contributed by atoms with E-state index in [1.807, 2.05) is 0 Å². The van der Waals surface area contributed by atoms with E-state index >= 15 is 0 Å². The van der Waals surface area contributed by atoms with E-state index < -0.39 is 6.05 Å². The Morgan fingerprint density at radius 2 is 1.58 bits per heavy atom. The first-order valence-corrected chi connectivity index (χ1v) is 3.66. The van der Waals surface area contributed by atoms with Gasteiger partial charge >= 0.3 is 6.05 Å². The molecule has 0 aromatic heterocycles. The van der Waals surface area contributed by atoms with Crippen molar-refractivity contribution in [1.82, 2.24) is 4.90 Å². The second-order valence-corrected chi connectivity index (χ2v) is 2.80. The van der Waals surface area contributed by atoms with Crippen LogP contribution >= 0.6 is 0 Å². The van der Waals surface area contributed by atoms with Crippen molar-refractivity contribution in [2.75, 3.05) is 14.1 Å². The van der Waals surface area contributed by atoms with Gasteiger partial charge < -0.3 is 0 Å². The molecule has 0 saturated heterocycles. The third-order valence-electron chi connectivity index (χ3n) is 1.68. The molecule has 3 heteroatoms. The third-order valence-corrected chi connectivity index (χ3v) is 1.68. The van der Waals surface area contributed by atoms with E-state index in [4.69, 9.17) is 0 Å². The van der Waals surface area contributed by atoms with E-state index in [-0.39, 0.29) is 5.56 Å². The summed E-state index contributed by atoms with van der Waals surface area (Å²) in [7, 11) is 2.71. The minimum atomic E-state index is -2.87. The Labute approximate surface area is 70.6 Å². The molecule has 0 unspecified atom stereocenters. The Kier molecular flexibility index (Phi) is 2.43. The van der Waals surface area contributed by atoms with Crippen LogP contribution in [0.4, 0.5) is 8.78 Å². The number of halogens is 2. The summed E-state index contributed by atoms with van der Waals surface area (Å²) in [5, 5.41) is 0. The molecule has 1 aromatic rings. The van der Waals surface area contributed by atoms with Gasteiger partial charge in [0.1, 0.15) is 0 Å². The van der Waals surface area contributed by atoms with Gasteiger partial charge in [-0.25, -0.2) is 4.90 Å². The van der Waals surface area contributed by atoms with Crippen molar-refractivity contribution in [3.8, 4) is 0 Å². The summed E-state index contributed by atoms with van der Waals surface area (Å²) >= 11 is 0. The highest BCUT2D eigenvalue weighted by Crippen LogP contribution is 2.28. The summed E-state index contributed by atoms with van der Waals surface area (Å²) in [6.07, 6.45) is 0. The number of rotatable bonds is 2. The molecular weight excluding hydrogens is 160 g/mol. The van der Waals surface area contributed by atoms with Crippen molar-refractivity contribution in [3.63, 3.8) is 0 Å². The Morgan fingerprint density at radius 1 is 1.08 bits per heavy atom. The van der Waals surface area contributed by atoms with Gasteiger partial charge in [-0.1, -0.05) is 30.3 Å². The van der Waals surface area contributed by atoms with E-state index in [0.29, 0.717) is 0 Å².